The molecule has 1 aromatic carbocycles. The molecule has 0 bridgehead atoms. The fraction of sp³-hybridized carbons (Fsp3) is 0. The minimum atomic E-state index is 0.420. The summed E-state index contributed by atoms with van der Waals surface area (Å²) in [5.41, 5.74) is 1.47. The molecule has 0 saturated carbocycles. The standard InChI is InChI=1S/C9H5B2NS/c10-7-8(11)13-9(12-7)6-4-2-1-3-5-6/h1-5H. The van der Waals surface area contributed by atoms with E-state index in [0.717, 1.165) is 10.6 Å². The lowest BCUT2D eigenvalue weighted by molar-refractivity contribution is 1.47. The Morgan fingerprint density at radius 2 is 1.77 bits per heavy atom. The van der Waals surface area contributed by atoms with E-state index in [9.17, 15) is 0 Å². The number of hydrogen-bond acceptors (Lipinski definition) is 2. The molecule has 1 heterocycles. The first-order valence-corrected chi connectivity index (χ1v) is 4.66. The van der Waals surface area contributed by atoms with E-state index >= 15 is 0 Å². The van der Waals surface area contributed by atoms with Crippen molar-refractivity contribution in [1.29, 1.82) is 0 Å². The van der Waals surface area contributed by atoms with Gasteiger partial charge in [-0.05, 0) is 10.4 Å². The van der Waals surface area contributed by atoms with Gasteiger partial charge in [-0.2, -0.15) is 0 Å². The van der Waals surface area contributed by atoms with Crippen molar-refractivity contribution in [2.75, 3.05) is 0 Å². The van der Waals surface area contributed by atoms with Crippen LogP contribution in [0.2, 0.25) is 0 Å². The smallest absolute Gasteiger partial charge is 0.142 e. The van der Waals surface area contributed by atoms with Crippen LogP contribution in [-0.2, 0) is 0 Å². The molecule has 0 unspecified atom stereocenters. The molecule has 0 atom stereocenters. The minimum Gasteiger partial charge on any atom is -0.253 e. The summed E-state index contributed by atoms with van der Waals surface area (Å²) in [5, 5.41) is 0.871. The van der Waals surface area contributed by atoms with Crippen LogP contribution >= 0.6 is 11.3 Å². The van der Waals surface area contributed by atoms with E-state index < -0.39 is 0 Å². The molecule has 2 rings (SSSR count). The Morgan fingerprint density at radius 3 is 2.31 bits per heavy atom. The molecule has 13 heavy (non-hydrogen) atoms. The molecule has 0 aliphatic rings. The molecule has 0 fully saturated rings. The zero-order valence-corrected chi connectivity index (χ0v) is 7.71. The van der Waals surface area contributed by atoms with Gasteiger partial charge in [-0.3, -0.25) is 4.98 Å². The number of rotatable bonds is 1. The molecule has 0 N–H and O–H groups in total. The van der Waals surface area contributed by atoms with Gasteiger partial charge in [0.2, 0.25) is 0 Å². The number of benzene rings is 1. The molecule has 4 heteroatoms. The van der Waals surface area contributed by atoms with Crippen LogP contribution in [0.25, 0.3) is 10.6 Å². The Morgan fingerprint density at radius 1 is 1.08 bits per heavy atom. The zero-order valence-electron chi connectivity index (χ0n) is 6.90. The molecule has 0 aliphatic heterocycles. The average Bonchev–Trinajstić information content (AvgIpc) is 2.49. The Labute approximate surface area is 83.7 Å². The highest BCUT2D eigenvalue weighted by Crippen LogP contribution is 2.18. The van der Waals surface area contributed by atoms with Gasteiger partial charge in [-0.25, -0.2) is 0 Å². The minimum absolute atomic E-state index is 0.420. The van der Waals surface area contributed by atoms with Crippen LogP contribution in [0.3, 0.4) is 0 Å². The molecular weight excluding hydrogens is 176 g/mol. The monoisotopic (exact) mass is 181 g/mol. The second kappa shape index (κ2) is 3.38. The molecular formula is C9H5B2NS. The lowest BCUT2D eigenvalue weighted by atomic mass is 9.94. The third-order valence-electron chi connectivity index (χ3n) is 1.70. The number of nitrogens with zero attached hydrogens (tertiary/aromatic N) is 1. The summed E-state index contributed by atoms with van der Waals surface area (Å²) in [6, 6.07) is 9.85. The van der Waals surface area contributed by atoms with E-state index in [2.05, 4.69) is 4.98 Å². The molecule has 0 aliphatic carbocycles. The molecule has 1 aromatic heterocycles. The second-order valence-electron chi connectivity index (χ2n) is 2.63. The van der Waals surface area contributed by atoms with Gasteiger partial charge in [0.15, 0.2) is 0 Å². The van der Waals surface area contributed by atoms with Crippen LogP contribution in [0.1, 0.15) is 0 Å². The number of aromatic nitrogens is 1. The lowest BCUT2D eigenvalue weighted by Crippen LogP contribution is -2.21. The SMILES string of the molecule is [B]c1nc(-c2ccccc2)sc1[B]. The molecule has 0 amide bonds. The van der Waals surface area contributed by atoms with Gasteiger partial charge >= 0.3 is 0 Å². The van der Waals surface area contributed by atoms with E-state index in [1.54, 1.807) is 0 Å². The second-order valence-corrected chi connectivity index (χ2v) is 3.67. The van der Waals surface area contributed by atoms with Crippen LogP contribution in [0, 0.1) is 0 Å². The summed E-state index contributed by atoms with van der Waals surface area (Å²) >= 11 is 1.41. The molecule has 0 saturated heterocycles. The predicted octanol–water partition coefficient (Wildman–Crippen LogP) is 0.398. The van der Waals surface area contributed by atoms with Crippen molar-refractivity contribution >= 4 is 37.4 Å². The van der Waals surface area contributed by atoms with Gasteiger partial charge in [-0.1, -0.05) is 30.3 Å². The Bertz CT molecular complexity index is 391. The third kappa shape index (κ3) is 1.68. The molecule has 0 spiro atoms. The highest BCUT2D eigenvalue weighted by atomic mass is 32.1. The van der Waals surface area contributed by atoms with Crippen molar-refractivity contribution in [1.82, 2.24) is 4.98 Å². The summed E-state index contributed by atoms with van der Waals surface area (Å²) in [6.07, 6.45) is 0. The van der Waals surface area contributed by atoms with Gasteiger partial charge in [0, 0.05) is 5.56 Å². The maximum absolute atomic E-state index is 5.61. The summed E-state index contributed by atoms with van der Waals surface area (Å²) in [5.74, 6) is 0. The largest absolute Gasteiger partial charge is 0.253 e. The van der Waals surface area contributed by atoms with E-state index in [0.29, 0.717) is 10.4 Å². The van der Waals surface area contributed by atoms with Gasteiger partial charge < -0.3 is 0 Å². The van der Waals surface area contributed by atoms with Crippen LogP contribution in [0.4, 0.5) is 0 Å². The van der Waals surface area contributed by atoms with E-state index in [1.165, 1.54) is 11.3 Å². The first-order chi connectivity index (χ1) is 6.27. The molecule has 1 nitrogen and oxygen atoms in total. The summed E-state index contributed by atoms with van der Waals surface area (Å²) in [6.45, 7) is 0. The van der Waals surface area contributed by atoms with Crippen LogP contribution in [0.5, 0.6) is 0 Å². The van der Waals surface area contributed by atoms with Crippen LogP contribution < -0.4 is 10.4 Å². The fourth-order valence-electron chi connectivity index (χ4n) is 1.05. The van der Waals surface area contributed by atoms with E-state index in [1.807, 2.05) is 30.3 Å². The van der Waals surface area contributed by atoms with E-state index in [4.69, 9.17) is 15.7 Å². The highest BCUT2D eigenvalue weighted by molar-refractivity contribution is 7.23. The van der Waals surface area contributed by atoms with Crippen molar-refractivity contribution in [3.8, 4) is 10.6 Å². The quantitative estimate of drug-likeness (QED) is 0.580. The summed E-state index contributed by atoms with van der Waals surface area (Å²) in [4.78, 5) is 4.15. The first kappa shape index (κ1) is 8.57. The van der Waals surface area contributed by atoms with Gasteiger partial charge in [-0.15, -0.1) is 11.3 Å². The fourth-order valence-corrected chi connectivity index (χ4v) is 1.80. The maximum Gasteiger partial charge on any atom is 0.142 e. The molecule has 2 aromatic rings. The Balaban J connectivity index is 2.48. The Hall–Kier alpha value is -1.02. The molecule has 4 radical (unpaired) electrons. The summed E-state index contributed by atoms with van der Waals surface area (Å²) in [7, 11) is 11.2. The maximum atomic E-state index is 5.61. The van der Waals surface area contributed by atoms with Crippen molar-refractivity contribution in [3.05, 3.63) is 30.3 Å². The highest BCUT2D eigenvalue weighted by Gasteiger charge is 2.03. The van der Waals surface area contributed by atoms with E-state index in [-0.39, 0.29) is 0 Å². The van der Waals surface area contributed by atoms with Crippen LogP contribution in [-0.4, -0.2) is 20.7 Å². The van der Waals surface area contributed by atoms with Crippen molar-refractivity contribution in [2.24, 2.45) is 0 Å². The van der Waals surface area contributed by atoms with Crippen molar-refractivity contribution in [2.45, 2.75) is 0 Å². The number of thiazole rings is 1. The van der Waals surface area contributed by atoms with Gasteiger partial charge in [0.25, 0.3) is 0 Å². The summed E-state index contributed by atoms with van der Waals surface area (Å²) < 4.78 is 0.582. The van der Waals surface area contributed by atoms with Gasteiger partial charge in [0.1, 0.15) is 20.7 Å². The molecule has 58 valence electrons. The Kier molecular flexibility index (Phi) is 2.23. The third-order valence-corrected chi connectivity index (χ3v) is 2.65. The van der Waals surface area contributed by atoms with Crippen molar-refractivity contribution < 1.29 is 0 Å². The lowest BCUT2D eigenvalue weighted by Gasteiger charge is -1.92. The predicted molar refractivity (Wildman–Crippen MR) is 58.3 cm³/mol. The zero-order chi connectivity index (χ0) is 9.26. The van der Waals surface area contributed by atoms with Crippen molar-refractivity contribution in [3.63, 3.8) is 0 Å². The average molecular weight is 181 g/mol. The van der Waals surface area contributed by atoms with Gasteiger partial charge in [0.05, 0.1) is 0 Å². The first-order valence-electron chi connectivity index (χ1n) is 3.84. The topological polar surface area (TPSA) is 12.9 Å². The normalized spacial score (nSPS) is 10.2. The van der Waals surface area contributed by atoms with Crippen LogP contribution in [0.15, 0.2) is 30.3 Å². The number of hydrogen-bond donors (Lipinski definition) is 0.